The molecule has 4 aromatic rings. The minimum Gasteiger partial charge on any atom is -0.451 e. The van der Waals surface area contributed by atoms with Gasteiger partial charge < -0.3 is 9.15 Å². The molecule has 4 rings (SSSR count). The van der Waals surface area contributed by atoms with Crippen molar-refractivity contribution in [3.8, 4) is 21.9 Å². The molecule has 2 aromatic heterocycles. The second-order valence-corrected chi connectivity index (χ2v) is 7.13. The highest BCUT2D eigenvalue weighted by molar-refractivity contribution is 7.17. The molecule has 0 saturated carbocycles. The topological polar surface area (TPSA) is 65.2 Å². The molecule has 134 valence electrons. The number of carbonyl (C=O) groups excluding carboxylic acids is 1. The van der Waals surface area contributed by atoms with Crippen molar-refractivity contribution < 1.29 is 13.9 Å². The molecule has 2 heterocycles. The van der Waals surface area contributed by atoms with Crippen LogP contribution in [0.15, 0.2) is 71.1 Å². The Morgan fingerprint density at radius 1 is 0.963 bits per heavy atom. The van der Waals surface area contributed by atoms with E-state index >= 15 is 0 Å². The van der Waals surface area contributed by atoms with Gasteiger partial charge in [-0.2, -0.15) is 0 Å². The summed E-state index contributed by atoms with van der Waals surface area (Å²) in [5, 5.41) is 8.56. The fraction of sp³-hybridized carbons (Fsp3) is 0.0500. The Bertz CT molecular complexity index is 1060. The third-order valence-corrected chi connectivity index (χ3v) is 5.12. The van der Waals surface area contributed by atoms with Crippen LogP contribution < -0.4 is 0 Å². The van der Waals surface area contributed by atoms with Gasteiger partial charge in [0.15, 0.2) is 6.61 Å². The Kier molecular flexibility index (Phi) is 5.00. The second kappa shape index (κ2) is 7.73. The third kappa shape index (κ3) is 4.07. The normalized spacial score (nSPS) is 10.7. The van der Waals surface area contributed by atoms with Crippen LogP contribution in [-0.4, -0.2) is 16.2 Å². The summed E-state index contributed by atoms with van der Waals surface area (Å²) in [6, 6.07) is 20.5. The fourth-order valence-electron chi connectivity index (χ4n) is 2.42. The highest BCUT2D eigenvalue weighted by atomic mass is 35.5. The van der Waals surface area contributed by atoms with Crippen LogP contribution in [0.5, 0.6) is 0 Å². The van der Waals surface area contributed by atoms with Crippen LogP contribution in [0.25, 0.3) is 21.9 Å². The number of rotatable bonds is 5. The molecule has 27 heavy (non-hydrogen) atoms. The van der Waals surface area contributed by atoms with Crippen molar-refractivity contribution in [1.82, 2.24) is 10.2 Å². The Hall–Kier alpha value is -2.96. The highest BCUT2D eigenvalue weighted by Gasteiger charge is 2.14. The minimum absolute atomic E-state index is 0.0765. The van der Waals surface area contributed by atoms with Crippen LogP contribution in [0.1, 0.15) is 15.6 Å². The summed E-state index contributed by atoms with van der Waals surface area (Å²) in [6.07, 6.45) is 0. The van der Waals surface area contributed by atoms with Gasteiger partial charge in [0.2, 0.25) is 5.89 Å². The number of aromatic nitrogens is 2. The van der Waals surface area contributed by atoms with E-state index in [4.69, 9.17) is 20.8 Å². The number of benzene rings is 2. The molecule has 5 nitrogen and oxygen atoms in total. The van der Waals surface area contributed by atoms with Gasteiger partial charge >= 0.3 is 5.97 Å². The first-order valence-corrected chi connectivity index (χ1v) is 9.29. The molecule has 7 heteroatoms. The van der Waals surface area contributed by atoms with E-state index in [1.807, 2.05) is 60.7 Å². The largest absolute Gasteiger partial charge is 0.451 e. The standard InChI is InChI=1S/C20H13ClN2O3S/c21-15-8-6-13(7-9-15)16-10-11-17(27-16)20(24)25-12-18-22-23-19(26-18)14-4-2-1-3-5-14/h1-11H,12H2. The third-order valence-electron chi connectivity index (χ3n) is 3.75. The predicted molar refractivity (Wildman–Crippen MR) is 104 cm³/mol. The number of ether oxygens (including phenoxy) is 1. The molecule has 0 aliphatic heterocycles. The maximum absolute atomic E-state index is 12.3. The first-order chi connectivity index (χ1) is 13.2. The molecular weight excluding hydrogens is 384 g/mol. The van der Waals surface area contributed by atoms with Gasteiger partial charge in [0.1, 0.15) is 4.88 Å². The maximum atomic E-state index is 12.3. The quantitative estimate of drug-likeness (QED) is 0.418. The van der Waals surface area contributed by atoms with Crippen molar-refractivity contribution >= 4 is 28.9 Å². The van der Waals surface area contributed by atoms with Gasteiger partial charge in [0.25, 0.3) is 5.89 Å². The lowest BCUT2D eigenvalue weighted by Crippen LogP contribution is -2.03. The molecule has 0 fully saturated rings. The van der Waals surface area contributed by atoms with Gasteiger partial charge in [-0.3, -0.25) is 0 Å². The molecule has 2 aromatic carbocycles. The van der Waals surface area contributed by atoms with Gasteiger partial charge in [0.05, 0.1) is 0 Å². The lowest BCUT2D eigenvalue weighted by Gasteiger charge is -1.99. The number of hydrogen-bond donors (Lipinski definition) is 0. The van der Waals surface area contributed by atoms with Gasteiger partial charge in [-0.05, 0) is 42.0 Å². The van der Waals surface area contributed by atoms with E-state index in [0.29, 0.717) is 15.8 Å². The predicted octanol–water partition coefficient (Wildman–Crippen LogP) is 5.48. The van der Waals surface area contributed by atoms with Crippen LogP contribution in [0.3, 0.4) is 0 Å². The van der Waals surface area contributed by atoms with E-state index in [2.05, 4.69) is 10.2 Å². The molecule has 0 amide bonds. The average molecular weight is 397 g/mol. The summed E-state index contributed by atoms with van der Waals surface area (Å²) in [7, 11) is 0. The van der Waals surface area contributed by atoms with Crippen molar-refractivity contribution in [3.63, 3.8) is 0 Å². The number of hydrogen-bond acceptors (Lipinski definition) is 6. The summed E-state index contributed by atoms with van der Waals surface area (Å²) in [5.74, 6) is 0.208. The fourth-order valence-corrected chi connectivity index (χ4v) is 3.46. The van der Waals surface area contributed by atoms with E-state index in [0.717, 1.165) is 16.0 Å². The summed E-state index contributed by atoms with van der Waals surface area (Å²) < 4.78 is 10.8. The molecule has 0 aliphatic rings. The zero-order valence-electron chi connectivity index (χ0n) is 14.0. The zero-order valence-corrected chi connectivity index (χ0v) is 15.5. The smallest absolute Gasteiger partial charge is 0.348 e. The number of carbonyl (C=O) groups is 1. The number of nitrogens with zero attached hydrogens (tertiary/aromatic N) is 2. The Morgan fingerprint density at radius 2 is 1.74 bits per heavy atom. The van der Waals surface area contributed by atoms with E-state index in [9.17, 15) is 4.79 Å². The lowest BCUT2D eigenvalue weighted by molar-refractivity contribution is 0.0444. The van der Waals surface area contributed by atoms with E-state index in [1.54, 1.807) is 6.07 Å². The number of halogens is 1. The van der Waals surface area contributed by atoms with E-state index in [1.165, 1.54) is 11.3 Å². The van der Waals surface area contributed by atoms with Crippen LogP contribution >= 0.6 is 22.9 Å². The first-order valence-electron chi connectivity index (χ1n) is 8.10. The lowest BCUT2D eigenvalue weighted by atomic mass is 10.2. The van der Waals surface area contributed by atoms with Gasteiger partial charge in [-0.15, -0.1) is 21.5 Å². The molecular formula is C20H13ClN2O3S. The van der Waals surface area contributed by atoms with Gasteiger partial charge in [-0.1, -0.05) is 41.9 Å². The molecule has 0 radical (unpaired) electrons. The average Bonchev–Trinajstić information content (AvgIpc) is 3.37. The van der Waals surface area contributed by atoms with Crippen molar-refractivity contribution in [2.45, 2.75) is 6.61 Å². The van der Waals surface area contributed by atoms with E-state index < -0.39 is 5.97 Å². The van der Waals surface area contributed by atoms with Gasteiger partial charge in [0, 0.05) is 15.5 Å². The van der Waals surface area contributed by atoms with Gasteiger partial charge in [-0.25, -0.2) is 4.79 Å². The van der Waals surface area contributed by atoms with Crippen molar-refractivity contribution in [3.05, 3.63) is 82.5 Å². The maximum Gasteiger partial charge on any atom is 0.348 e. The Labute approximate surface area is 164 Å². The SMILES string of the molecule is O=C(OCc1nnc(-c2ccccc2)o1)c1ccc(-c2ccc(Cl)cc2)s1. The summed E-state index contributed by atoms with van der Waals surface area (Å²) in [5.41, 5.74) is 1.81. The zero-order chi connectivity index (χ0) is 18.6. The molecule has 0 unspecified atom stereocenters. The molecule has 0 atom stereocenters. The molecule has 0 bridgehead atoms. The summed E-state index contributed by atoms with van der Waals surface area (Å²) >= 11 is 7.26. The Balaban J connectivity index is 1.40. The molecule has 0 N–H and O–H groups in total. The molecule has 0 saturated heterocycles. The molecule has 0 aliphatic carbocycles. The van der Waals surface area contributed by atoms with Crippen LogP contribution in [0.2, 0.25) is 5.02 Å². The van der Waals surface area contributed by atoms with Crippen LogP contribution in [0.4, 0.5) is 0 Å². The van der Waals surface area contributed by atoms with Crippen LogP contribution in [0, 0.1) is 0 Å². The Morgan fingerprint density at radius 3 is 2.52 bits per heavy atom. The number of thiophene rings is 1. The molecule has 0 spiro atoms. The summed E-state index contributed by atoms with van der Waals surface area (Å²) in [4.78, 5) is 13.7. The van der Waals surface area contributed by atoms with Crippen molar-refractivity contribution in [2.75, 3.05) is 0 Å². The number of esters is 1. The second-order valence-electron chi connectivity index (χ2n) is 5.61. The van der Waals surface area contributed by atoms with Crippen LogP contribution in [-0.2, 0) is 11.3 Å². The monoisotopic (exact) mass is 396 g/mol. The highest BCUT2D eigenvalue weighted by Crippen LogP contribution is 2.29. The van der Waals surface area contributed by atoms with Crippen molar-refractivity contribution in [2.24, 2.45) is 0 Å². The van der Waals surface area contributed by atoms with E-state index in [-0.39, 0.29) is 12.5 Å². The minimum atomic E-state index is -0.431. The summed E-state index contributed by atoms with van der Waals surface area (Å²) in [6.45, 7) is -0.0765. The van der Waals surface area contributed by atoms with Crippen molar-refractivity contribution in [1.29, 1.82) is 0 Å². The first kappa shape index (κ1) is 17.5.